The quantitative estimate of drug-likeness (QED) is 0.875. The van der Waals surface area contributed by atoms with Crippen LogP contribution in [0.25, 0.3) is 0 Å². The summed E-state index contributed by atoms with van der Waals surface area (Å²) in [6.45, 7) is -0.192. The third-order valence-electron chi connectivity index (χ3n) is 2.80. The van der Waals surface area contributed by atoms with E-state index in [1.807, 2.05) is 0 Å². The first kappa shape index (κ1) is 17.3. The zero-order valence-corrected chi connectivity index (χ0v) is 12.4. The number of hydrogen-bond donors (Lipinski definition) is 1. The number of ether oxygens (including phenoxy) is 1. The molecule has 1 aromatic heterocycles. The van der Waals surface area contributed by atoms with E-state index in [1.165, 1.54) is 18.3 Å². The third kappa shape index (κ3) is 5.65. The largest absolute Gasteiger partial charge is 0.482 e. The van der Waals surface area contributed by atoms with Gasteiger partial charge in [-0.2, -0.15) is 13.2 Å². The lowest BCUT2D eigenvalue weighted by atomic mass is 10.1. The summed E-state index contributed by atoms with van der Waals surface area (Å²) in [5.74, 6) is 5.23. The van der Waals surface area contributed by atoms with Gasteiger partial charge in [0, 0.05) is 11.8 Å². The Morgan fingerprint density at radius 3 is 2.79 bits per heavy atom. The Morgan fingerprint density at radius 1 is 1.25 bits per heavy atom. The molecule has 0 saturated heterocycles. The predicted molar refractivity (Wildman–Crippen MR) is 81.1 cm³/mol. The van der Waals surface area contributed by atoms with Gasteiger partial charge in [0.05, 0.1) is 18.3 Å². The normalized spacial score (nSPS) is 10.5. The minimum absolute atomic E-state index is 0.00544. The molecule has 124 valence electrons. The standard InChI is InChI=1S/C17H13F3N2O2/c18-17(19,20)14-6-1-4-13(10-14)5-2-9-22-16(23)12-24-15-7-3-8-21-11-15/h1,3-4,6-8,10-11H,9,12H2,(H,22,23). The Kier molecular flexibility index (Phi) is 5.79. The number of amides is 1. The highest BCUT2D eigenvalue weighted by atomic mass is 19.4. The Labute approximate surface area is 136 Å². The summed E-state index contributed by atoms with van der Waals surface area (Å²) in [5, 5.41) is 2.49. The zero-order valence-electron chi connectivity index (χ0n) is 12.4. The van der Waals surface area contributed by atoms with Crippen molar-refractivity contribution in [1.29, 1.82) is 0 Å². The van der Waals surface area contributed by atoms with E-state index in [2.05, 4.69) is 22.1 Å². The smallest absolute Gasteiger partial charge is 0.416 e. The molecule has 0 radical (unpaired) electrons. The Morgan fingerprint density at radius 2 is 2.08 bits per heavy atom. The first-order chi connectivity index (χ1) is 11.4. The fourth-order valence-electron chi connectivity index (χ4n) is 1.69. The van der Waals surface area contributed by atoms with Crippen molar-refractivity contribution in [3.63, 3.8) is 0 Å². The molecule has 1 aromatic carbocycles. The number of rotatable bonds is 4. The van der Waals surface area contributed by atoms with Crippen molar-refractivity contribution in [2.75, 3.05) is 13.2 Å². The molecule has 0 fully saturated rings. The van der Waals surface area contributed by atoms with Crippen LogP contribution in [0, 0.1) is 11.8 Å². The molecular formula is C17H13F3N2O2. The lowest BCUT2D eigenvalue weighted by molar-refractivity contribution is -0.137. The fourth-order valence-corrected chi connectivity index (χ4v) is 1.69. The number of alkyl halides is 3. The van der Waals surface area contributed by atoms with Crippen LogP contribution >= 0.6 is 0 Å². The van der Waals surface area contributed by atoms with Gasteiger partial charge in [-0.25, -0.2) is 0 Å². The van der Waals surface area contributed by atoms with Crippen LogP contribution in [0.2, 0.25) is 0 Å². The van der Waals surface area contributed by atoms with E-state index in [9.17, 15) is 18.0 Å². The van der Waals surface area contributed by atoms with Gasteiger partial charge in [0.25, 0.3) is 5.91 Å². The minimum atomic E-state index is -4.41. The number of pyridine rings is 1. The number of carbonyl (C=O) groups excluding carboxylic acids is 1. The van der Waals surface area contributed by atoms with E-state index in [-0.39, 0.29) is 18.7 Å². The van der Waals surface area contributed by atoms with Gasteiger partial charge in [-0.15, -0.1) is 0 Å². The number of halogens is 3. The van der Waals surface area contributed by atoms with Gasteiger partial charge >= 0.3 is 6.18 Å². The molecule has 1 heterocycles. The molecule has 7 heteroatoms. The lowest BCUT2D eigenvalue weighted by Gasteiger charge is -2.06. The second-order valence-corrected chi connectivity index (χ2v) is 4.63. The van der Waals surface area contributed by atoms with Crippen LogP contribution < -0.4 is 10.1 Å². The molecular weight excluding hydrogens is 321 g/mol. The second kappa shape index (κ2) is 8.02. The molecule has 4 nitrogen and oxygen atoms in total. The summed E-state index contributed by atoms with van der Waals surface area (Å²) in [6, 6.07) is 8.02. The second-order valence-electron chi connectivity index (χ2n) is 4.63. The van der Waals surface area contributed by atoms with Crippen molar-refractivity contribution < 1.29 is 22.7 Å². The maximum Gasteiger partial charge on any atom is 0.416 e. The monoisotopic (exact) mass is 334 g/mol. The molecule has 2 rings (SSSR count). The molecule has 1 amide bonds. The summed E-state index contributed by atoms with van der Waals surface area (Å²) in [7, 11) is 0. The molecule has 0 saturated carbocycles. The molecule has 0 aliphatic rings. The van der Waals surface area contributed by atoms with Crippen LogP contribution in [-0.4, -0.2) is 24.0 Å². The Bertz CT molecular complexity index is 750. The maximum atomic E-state index is 12.6. The number of benzene rings is 1. The minimum Gasteiger partial charge on any atom is -0.482 e. The van der Waals surface area contributed by atoms with Gasteiger partial charge in [-0.3, -0.25) is 9.78 Å². The highest BCUT2D eigenvalue weighted by molar-refractivity contribution is 5.77. The molecule has 0 spiro atoms. The lowest BCUT2D eigenvalue weighted by Crippen LogP contribution is -2.29. The van der Waals surface area contributed by atoms with E-state index in [0.29, 0.717) is 5.75 Å². The fraction of sp³-hybridized carbons (Fsp3) is 0.176. The van der Waals surface area contributed by atoms with Gasteiger partial charge in [0.2, 0.25) is 0 Å². The van der Waals surface area contributed by atoms with E-state index in [1.54, 1.807) is 18.3 Å². The first-order valence-electron chi connectivity index (χ1n) is 6.91. The van der Waals surface area contributed by atoms with Crippen molar-refractivity contribution in [3.8, 4) is 17.6 Å². The topological polar surface area (TPSA) is 51.2 Å². The molecule has 0 aliphatic heterocycles. The van der Waals surface area contributed by atoms with Gasteiger partial charge in [-0.05, 0) is 30.3 Å². The van der Waals surface area contributed by atoms with Crippen molar-refractivity contribution in [2.45, 2.75) is 6.18 Å². The number of carbonyl (C=O) groups is 1. The Hall–Kier alpha value is -3.01. The molecule has 0 unspecified atom stereocenters. The van der Waals surface area contributed by atoms with E-state index >= 15 is 0 Å². The summed E-state index contributed by atoms with van der Waals surface area (Å²) in [6.07, 6.45) is -1.35. The van der Waals surface area contributed by atoms with Crippen molar-refractivity contribution in [1.82, 2.24) is 10.3 Å². The molecule has 0 bridgehead atoms. The molecule has 0 atom stereocenters. The van der Waals surface area contributed by atoms with Gasteiger partial charge < -0.3 is 10.1 Å². The number of nitrogens with zero attached hydrogens (tertiary/aromatic N) is 1. The van der Waals surface area contributed by atoms with Crippen LogP contribution in [0.1, 0.15) is 11.1 Å². The van der Waals surface area contributed by atoms with Crippen LogP contribution in [-0.2, 0) is 11.0 Å². The summed E-state index contributed by atoms with van der Waals surface area (Å²) < 4.78 is 42.9. The average molecular weight is 334 g/mol. The van der Waals surface area contributed by atoms with Crippen LogP contribution in [0.3, 0.4) is 0 Å². The summed E-state index contributed by atoms with van der Waals surface area (Å²) in [4.78, 5) is 15.4. The summed E-state index contributed by atoms with van der Waals surface area (Å²) >= 11 is 0. The van der Waals surface area contributed by atoms with Crippen molar-refractivity contribution in [2.24, 2.45) is 0 Å². The van der Waals surface area contributed by atoms with Crippen molar-refractivity contribution >= 4 is 5.91 Å². The van der Waals surface area contributed by atoms with Crippen LogP contribution in [0.4, 0.5) is 13.2 Å². The first-order valence-corrected chi connectivity index (χ1v) is 6.91. The zero-order chi connectivity index (χ0) is 17.4. The maximum absolute atomic E-state index is 12.6. The number of nitrogens with one attached hydrogen (secondary N) is 1. The highest BCUT2D eigenvalue weighted by Gasteiger charge is 2.30. The Balaban J connectivity index is 1.80. The van der Waals surface area contributed by atoms with E-state index in [4.69, 9.17) is 4.74 Å². The molecule has 1 N–H and O–H groups in total. The number of hydrogen-bond acceptors (Lipinski definition) is 3. The SMILES string of the molecule is O=C(COc1cccnc1)NCC#Cc1cccc(C(F)(F)F)c1. The van der Waals surface area contributed by atoms with Gasteiger partial charge in [0.1, 0.15) is 5.75 Å². The highest BCUT2D eigenvalue weighted by Crippen LogP contribution is 2.29. The van der Waals surface area contributed by atoms with Crippen molar-refractivity contribution in [3.05, 3.63) is 59.9 Å². The van der Waals surface area contributed by atoms with Gasteiger partial charge in [-0.1, -0.05) is 17.9 Å². The predicted octanol–water partition coefficient (Wildman–Crippen LogP) is 2.65. The van der Waals surface area contributed by atoms with Crippen LogP contribution in [0.15, 0.2) is 48.8 Å². The molecule has 2 aromatic rings. The molecule has 0 aliphatic carbocycles. The molecule has 24 heavy (non-hydrogen) atoms. The van der Waals surface area contributed by atoms with E-state index < -0.39 is 17.6 Å². The van der Waals surface area contributed by atoms with Gasteiger partial charge in [0.15, 0.2) is 6.61 Å². The third-order valence-corrected chi connectivity index (χ3v) is 2.80. The van der Waals surface area contributed by atoms with Crippen LogP contribution in [0.5, 0.6) is 5.75 Å². The summed E-state index contributed by atoms with van der Waals surface area (Å²) in [5.41, 5.74) is -0.533. The van der Waals surface area contributed by atoms with E-state index in [0.717, 1.165) is 12.1 Å². The number of aromatic nitrogens is 1. The average Bonchev–Trinajstić information content (AvgIpc) is 2.57.